The van der Waals surface area contributed by atoms with Gasteiger partial charge in [-0.05, 0) is 24.0 Å². The first-order valence-electron chi connectivity index (χ1n) is 5.74. The molecular weight excluding hydrogens is 186 g/mol. The molecule has 1 aliphatic rings. The number of rotatable bonds is 2. The lowest BCUT2D eigenvalue weighted by Crippen LogP contribution is -2.20. The fraction of sp³-hybridized carbons (Fsp3) is 0.538. The molecule has 2 N–H and O–H groups in total. The van der Waals surface area contributed by atoms with E-state index in [1.807, 2.05) is 0 Å². The average Bonchev–Trinajstić information content (AvgIpc) is 2.28. The summed E-state index contributed by atoms with van der Waals surface area (Å²) >= 11 is 0. The van der Waals surface area contributed by atoms with Gasteiger partial charge in [-0.3, -0.25) is 0 Å². The monoisotopic (exact) mass is 205 g/mol. The predicted octanol–water partition coefficient (Wildman–Crippen LogP) is 2.98. The van der Waals surface area contributed by atoms with Crippen molar-refractivity contribution in [2.75, 3.05) is 6.61 Å². The molecule has 0 saturated carbocycles. The molecule has 82 valence electrons. The highest BCUT2D eigenvalue weighted by Crippen LogP contribution is 2.33. The molecule has 0 amide bonds. The Hall–Kier alpha value is -1.02. The van der Waals surface area contributed by atoms with Crippen LogP contribution in [0.4, 0.5) is 0 Å². The summed E-state index contributed by atoms with van der Waals surface area (Å²) in [6.45, 7) is 5.20. The second-order valence-corrected chi connectivity index (χ2v) is 4.35. The first-order chi connectivity index (χ1) is 7.22. The maximum absolute atomic E-state index is 6.08. The quantitative estimate of drug-likeness (QED) is 0.805. The van der Waals surface area contributed by atoms with Gasteiger partial charge in [0.25, 0.3) is 0 Å². The zero-order chi connectivity index (χ0) is 10.8. The van der Waals surface area contributed by atoms with E-state index in [1.165, 1.54) is 11.1 Å². The Morgan fingerprint density at radius 3 is 3.07 bits per heavy atom. The van der Waals surface area contributed by atoms with Crippen molar-refractivity contribution in [3.05, 3.63) is 29.3 Å². The maximum Gasteiger partial charge on any atom is 0.124 e. The smallest absolute Gasteiger partial charge is 0.124 e. The van der Waals surface area contributed by atoms with Crippen LogP contribution in [0.15, 0.2) is 18.2 Å². The molecule has 2 heteroatoms. The summed E-state index contributed by atoms with van der Waals surface area (Å²) in [5.74, 6) is 1.57. The lowest BCUT2D eigenvalue weighted by atomic mass is 9.93. The zero-order valence-electron chi connectivity index (χ0n) is 9.49. The Morgan fingerprint density at radius 1 is 1.53 bits per heavy atom. The Kier molecular flexibility index (Phi) is 2.96. The average molecular weight is 205 g/mol. The summed E-state index contributed by atoms with van der Waals surface area (Å²) in [6, 6.07) is 6.59. The number of fused-ring (bicyclic) bond motifs is 1. The molecule has 1 heterocycles. The van der Waals surface area contributed by atoms with Gasteiger partial charge in [0, 0.05) is 18.0 Å². The predicted molar refractivity (Wildman–Crippen MR) is 62.2 cm³/mol. The summed E-state index contributed by atoms with van der Waals surface area (Å²) in [5, 5.41) is 0. The standard InChI is InChI=1S/C13H19NO/c1-3-9(2)10-4-5-13-11(8-10)12(14)6-7-15-13/h4-5,8-9,12H,3,6-7,14H2,1-2H3/t9?,12-/m0/s1. The van der Waals surface area contributed by atoms with Gasteiger partial charge in [-0.2, -0.15) is 0 Å². The second-order valence-electron chi connectivity index (χ2n) is 4.35. The number of hydrogen-bond donors (Lipinski definition) is 1. The second kappa shape index (κ2) is 4.23. The van der Waals surface area contributed by atoms with E-state index in [-0.39, 0.29) is 6.04 Å². The third kappa shape index (κ3) is 2.00. The van der Waals surface area contributed by atoms with Crippen molar-refractivity contribution < 1.29 is 4.74 Å². The highest BCUT2D eigenvalue weighted by molar-refractivity contribution is 5.41. The van der Waals surface area contributed by atoms with Crippen molar-refractivity contribution in [2.45, 2.75) is 38.6 Å². The van der Waals surface area contributed by atoms with Crippen molar-refractivity contribution in [3.63, 3.8) is 0 Å². The summed E-state index contributed by atoms with van der Waals surface area (Å²) in [7, 11) is 0. The van der Waals surface area contributed by atoms with Crippen LogP contribution in [-0.2, 0) is 0 Å². The fourth-order valence-corrected chi connectivity index (χ4v) is 1.98. The van der Waals surface area contributed by atoms with Crippen molar-refractivity contribution in [2.24, 2.45) is 5.73 Å². The zero-order valence-corrected chi connectivity index (χ0v) is 9.49. The SMILES string of the molecule is CCC(C)c1ccc2c(c1)[C@@H](N)CCO2. The third-order valence-corrected chi connectivity index (χ3v) is 3.30. The molecule has 0 aromatic heterocycles. The van der Waals surface area contributed by atoms with E-state index in [4.69, 9.17) is 10.5 Å². The molecule has 0 fully saturated rings. The van der Waals surface area contributed by atoms with Gasteiger partial charge in [0.1, 0.15) is 5.75 Å². The normalized spacial score (nSPS) is 21.7. The Morgan fingerprint density at radius 2 is 2.33 bits per heavy atom. The van der Waals surface area contributed by atoms with Crippen LogP contribution in [0.3, 0.4) is 0 Å². The van der Waals surface area contributed by atoms with E-state index in [0.717, 1.165) is 25.2 Å². The molecule has 2 nitrogen and oxygen atoms in total. The maximum atomic E-state index is 6.08. The van der Waals surface area contributed by atoms with Crippen LogP contribution < -0.4 is 10.5 Å². The van der Waals surface area contributed by atoms with Crippen LogP contribution in [0, 0.1) is 0 Å². The number of hydrogen-bond acceptors (Lipinski definition) is 2. The van der Waals surface area contributed by atoms with Crippen LogP contribution in [0.25, 0.3) is 0 Å². The van der Waals surface area contributed by atoms with Gasteiger partial charge in [0.05, 0.1) is 6.61 Å². The van der Waals surface area contributed by atoms with Gasteiger partial charge in [-0.15, -0.1) is 0 Å². The fourth-order valence-electron chi connectivity index (χ4n) is 1.98. The lowest BCUT2D eigenvalue weighted by molar-refractivity contribution is 0.269. The molecule has 1 aliphatic heterocycles. The molecule has 0 radical (unpaired) electrons. The molecule has 0 spiro atoms. The van der Waals surface area contributed by atoms with Gasteiger partial charge in [-0.25, -0.2) is 0 Å². The van der Waals surface area contributed by atoms with E-state index in [2.05, 4.69) is 32.0 Å². The molecule has 1 unspecified atom stereocenters. The van der Waals surface area contributed by atoms with E-state index < -0.39 is 0 Å². The molecular formula is C13H19NO. The van der Waals surface area contributed by atoms with Crippen LogP contribution in [0.2, 0.25) is 0 Å². The Balaban J connectivity index is 2.35. The molecule has 2 atom stereocenters. The topological polar surface area (TPSA) is 35.2 Å². The Labute approximate surface area is 91.4 Å². The number of nitrogens with two attached hydrogens (primary N) is 1. The molecule has 0 aliphatic carbocycles. The summed E-state index contributed by atoms with van der Waals surface area (Å²) in [5.41, 5.74) is 8.63. The first-order valence-corrected chi connectivity index (χ1v) is 5.74. The van der Waals surface area contributed by atoms with E-state index in [9.17, 15) is 0 Å². The van der Waals surface area contributed by atoms with Gasteiger partial charge in [-0.1, -0.05) is 26.0 Å². The van der Waals surface area contributed by atoms with Crippen molar-refractivity contribution >= 4 is 0 Å². The van der Waals surface area contributed by atoms with Gasteiger partial charge in [0.2, 0.25) is 0 Å². The molecule has 15 heavy (non-hydrogen) atoms. The highest BCUT2D eigenvalue weighted by atomic mass is 16.5. The van der Waals surface area contributed by atoms with Crippen molar-refractivity contribution in [3.8, 4) is 5.75 Å². The van der Waals surface area contributed by atoms with Crippen LogP contribution in [0.1, 0.15) is 49.8 Å². The number of ether oxygens (including phenoxy) is 1. The minimum Gasteiger partial charge on any atom is -0.493 e. The van der Waals surface area contributed by atoms with Crippen LogP contribution in [0.5, 0.6) is 5.75 Å². The van der Waals surface area contributed by atoms with Crippen LogP contribution in [-0.4, -0.2) is 6.61 Å². The molecule has 1 aromatic carbocycles. The van der Waals surface area contributed by atoms with Gasteiger partial charge >= 0.3 is 0 Å². The minimum absolute atomic E-state index is 0.151. The molecule has 0 saturated heterocycles. The third-order valence-electron chi connectivity index (χ3n) is 3.30. The first kappa shape index (κ1) is 10.5. The van der Waals surface area contributed by atoms with E-state index >= 15 is 0 Å². The van der Waals surface area contributed by atoms with Crippen LogP contribution >= 0.6 is 0 Å². The molecule has 0 bridgehead atoms. The lowest BCUT2D eigenvalue weighted by Gasteiger charge is -2.24. The molecule has 1 aromatic rings. The summed E-state index contributed by atoms with van der Waals surface area (Å²) < 4.78 is 5.58. The highest BCUT2D eigenvalue weighted by Gasteiger charge is 2.18. The van der Waals surface area contributed by atoms with Gasteiger partial charge < -0.3 is 10.5 Å². The van der Waals surface area contributed by atoms with E-state index in [1.54, 1.807) is 0 Å². The largest absolute Gasteiger partial charge is 0.493 e. The number of benzene rings is 1. The van der Waals surface area contributed by atoms with Crippen molar-refractivity contribution in [1.82, 2.24) is 0 Å². The molecule has 2 rings (SSSR count). The summed E-state index contributed by atoms with van der Waals surface area (Å²) in [6.07, 6.45) is 2.09. The minimum atomic E-state index is 0.151. The van der Waals surface area contributed by atoms with Crippen molar-refractivity contribution in [1.29, 1.82) is 0 Å². The summed E-state index contributed by atoms with van der Waals surface area (Å²) in [4.78, 5) is 0. The Bertz CT molecular complexity index is 348. The van der Waals surface area contributed by atoms with Gasteiger partial charge in [0.15, 0.2) is 0 Å². The van der Waals surface area contributed by atoms with E-state index in [0.29, 0.717) is 5.92 Å².